The minimum absolute atomic E-state index is 1.08. The highest BCUT2D eigenvalue weighted by Gasteiger charge is 2.20. The molecule has 1 nitrogen and oxygen atoms in total. The van der Waals surface area contributed by atoms with Gasteiger partial charge in [0.1, 0.15) is 0 Å². The average Bonchev–Trinajstić information content (AvgIpc) is 3.76. The molecule has 1 heterocycles. The van der Waals surface area contributed by atoms with Crippen molar-refractivity contribution in [3.05, 3.63) is 249 Å². The van der Waals surface area contributed by atoms with Crippen LogP contribution >= 0.6 is 11.3 Å². The van der Waals surface area contributed by atoms with E-state index in [2.05, 4.69) is 254 Å². The third kappa shape index (κ3) is 6.73. The van der Waals surface area contributed by atoms with Crippen molar-refractivity contribution in [1.82, 2.24) is 0 Å². The summed E-state index contributed by atoms with van der Waals surface area (Å²) in [7, 11) is 0. The van der Waals surface area contributed by atoms with Gasteiger partial charge in [-0.3, -0.25) is 0 Å². The zero-order valence-electron chi connectivity index (χ0n) is 35.0. The van der Waals surface area contributed by atoms with E-state index in [0.29, 0.717) is 0 Å². The van der Waals surface area contributed by atoms with Crippen LogP contribution < -0.4 is 4.90 Å². The Morgan fingerprint density at radius 1 is 0.266 bits per heavy atom. The number of anilines is 3. The predicted octanol–water partition coefficient (Wildman–Crippen LogP) is 18.2. The second-order valence-corrected chi connectivity index (χ2v) is 17.5. The van der Waals surface area contributed by atoms with Gasteiger partial charge in [-0.05, 0) is 114 Å². The van der Waals surface area contributed by atoms with Crippen molar-refractivity contribution in [2.75, 3.05) is 4.90 Å². The molecule has 12 aromatic rings. The maximum absolute atomic E-state index is 2.44. The maximum atomic E-state index is 2.44. The predicted molar refractivity (Wildman–Crippen MR) is 276 cm³/mol. The van der Waals surface area contributed by atoms with E-state index in [-0.39, 0.29) is 0 Å². The van der Waals surface area contributed by atoms with Gasteiger partial charge in [0.15, 0.2) is 0 Å². The number of benzene rings is 11. The van der Waals surface area contributed by atoms with Gasteiger partial charge in [-0.25, -0.2) is 0 Å². The van der Waals surface area contributed by atoms with Crippen LogP contribution in [-0.2, 0) is 0 Å². The van der Waals surface area contributed by atoms with Crippen molar-refractivity contribution in [2.45, 2.75) is 0 Å². The quantitative estimate of drug-likeness (QED) is 0.147. The van der Waals surface area contributed by atoms with Gasteiger partial charge in [-0.15, -0.1) is 11.3 Å². The number of rotatable bonds is 8. The summed E-state index contributed by atoms with van der Waals surface area (Å²) in [6, 6.07) is 91.0. The summed E-state index contributed by atoms with van der Waals surface area (Å²) in [6.45, 7) is 0. The lowest BCUT2D eigenvalue weighted by atomic mass is 9.93. The smallest absolute Gasteiger partial charge is 0.0546 e. The Morgan fingerprint density at radius 2 is 0.734 bits per heavy atom. The normalized spacial score (nSPS) is 11.4. The molecule has 11 aromatic carbocycles. The first-order valence-electron chi connectivity index (χ1n) is 21.9. The lowest BCUT2D eigenvalue weighted by molar-refractivity contribution is 1.28. The van der Waals surface area contributed by atoms with Gasteiger partial charge in [-0.1, -0.05) is 206 Å². The van der Waals surface area contributed by atoms with Crippen molar-refractivity contribution < 1.29 is 0 Å². The number of thiophene rings is 1. The second-order valence-electron chi connectivity index (χ2n) is 16.4. The van der Waals surface area contributed by atoms with Crippen molar-refractivity contribution in [3.63, 3.8) is 0 Å². The van der Waals surface area contributed by atoms with E-state index >= 15 is 0 Å². The summed E-state index contributed by atoms with van der Waals surface area (Å²) in [5, 5.41) is 7.61. The first-order chi connectivity index (χ1) is 31.7. The van der Waals surface area contributed by atoms with Crippen LogP contribution in [0.15, 0.2) is 249 Å². The van der Waals surface area contributed by atoms with Gasteiger partial charge in [-0.2, -0.15) is 0 Å². The minimum atomic E-state index is 1.08. The molecule has 1 aromatic heterocycles. The number of fused-ring (bicyclic) bond motifs is 5. The highest BCUT2D eigenvalue weighted by Crippen LogP contribution is 2.46. The highest BCUT2D eigenvalue weighted by molar-refractivity contribution is 7.26. The summed E-state index contributed by atoms with van der Waals surface area (Å²) in [5.74, 6) is 0. The van der Waals surface area contributed by atoms with Gasteiger partial charge in [0, 0.05) is 37.1 Å². The standard InChI is InChI=1S/C62H41NS/c1-2-14-45(15-3-1)56-39-34-49(55-26-12-19-44-17-5-7-23-53(44)55)41-60(56)63(51-37-32-46(33-38-51)57-27-13-28-59-58-24-8-9-29-61(58)64-62(57)59)50-35-30-42(31-36-50)47-20-10-21-48(40-47)54-25-11-18-43-16-4-6-22-52(43)54/h1-41H. The maximum Gasteiger partial charge on any atom is 0.0546 e. The van der Waals surface area contributed by atoms with E-state index in [4.69, 9.17) is 0 Å². The van der Waals surface area contributed by atoms with E-state index < -0.39 is 0 Å². The molecular formula is C62H41NS. The van der Waals surface area contributed by atoms with E-state index in [1.54, 1.807) is 0 Å². The monoisotopic (exact) mass is 831 g/mol. The highest BCUT2D eigenvalue weighted by atomic mass is 32.1. The zero-order valence-corrected chi connectivity index (χ0v) is 35.8. The Bertz CT molecular complexity index is 3650. The molecule has 0 aliphatic heterocycles. The molecule has 0 fully saturated rings. The molecule has 0 saturated carbocycles. The van der Waals surface area contributed by atoms with Gasteiger partial charge in [0.25, 0.3) is 0 Å². The molecule has 0 amide bonds. The fourth-order valence-electron chi connectivity index (χ4n) is 9.56. The topological polar surface area (TPSA) is 3.24 Å². The molecule has 0 saturated heterocycles. The summed E-state index contributed by atoms with van der Waals surface area (Å²) < 4.78 is 2.64. The van der Waals surface area contributed by atoms with E-state index in [9.17, 15) is 0 Å². The Morgan fingerprint density at radius 3 is 1.44 bits per heavy atom. The molecule has 0 aliphatic carbocycles. The molecule has 12 rings (SSSR count). The van der Waals surface area contributed by atoms with Gasteiger partial charge in [0.2, 0.25) is 0 Å². The molecule has 0 radical (unpaired) electrons. The van der Waals surface area contributed by atoms with Crippen LogP contribution in [0, 0.1) is 0 Å². The van der Waals surface area contributed by atoms with E-state index in [0.717, 1.165) is 22.6 Å². The van der Waals surface area contributed by atoms with Gasteiger partial charge in [0.05, 0.1) is 5.69 Å². The Balaban J connectivity index is 1.01. The molecule has 64 heavy (non-hydrogen) atoms. The number of nitrogens with zero attached hydrogens (tertiary/aromatic N) is 1. The second kappa shape index (κ2) is 16.0. The van der Waals surface area contributed by atoms with Crippen molar-refractivity contribution >= 4 is 70.1 Å². The summed E-state index contributed by atoms with van der Waals surface area (Å²) in [4.78, 5) is 2.44. The minimum Gasteiger partial charge on any atom is -0.310 e. The fraction of sp³-hybridized carbons (Fsp3) is 0. The SMILES string of the molecule is c1ccc(-c2ccc(-c3cccc4ccccc34)cc2N(c2ccc(-c3cccc(-c4cccc5ccccc45)c3)cc2)c2ccc(-c3cccc4c3sc3ccccc34)cc2)cc1. The molecule has 0 unspecified atom stereocenters. The van der Waals surface area contributed by atoms with Crippen molar-refractivity contribution in [1.29, 1.82) is 0 Å². The van der Waals surface area contributed by atoms with Crippen molar-refractivity contribution in [3.8, 4) is 55.6 Å². The average molecular weight is 832 g/mol. The largest absolute Gasteiger partial charge is 0.310 e. The lowest BCUT2D eigenvalue weighted by Gasteiger charge is -2.29. The van der Waals surface area contributed by atoms with Crippen LogP contribution in [0.1, 0.15) is 0 Å². The summed E-state index contributed by atoms with van der Waals surface area (Å²) in [6.07, 6.45) is 0. The lowest BCUT2D eigenvalue weighted by Crippen LogP contribution is -2.11. The Labute approximate surface area is 377 Å². The van der Waals surface area contributed by atoms with Crippen LogP contribution in [0.2, 0.25) is 0 Å². The molecule has 2 heteroatoms. The first-order valence-corrected chi connectivity index (χ1v) is 22.7. The van der Waals surface area contributed by atoms with E-state index in [1.807, 2.05) is 11.3 Å². The molecular weight excluding hydrogens is 791 g/mol. The number of hydrogen-bond acceptors (Lipinski definition) is 2. The van der Waals surface area contributed by atoms with Crippen LogP contribution in [-0.4, -0.2) is 0 Å². The molecule has 0 N–H and O–H groups in total. The molecule has 0 atom stereocenters. The van der Waals surface area contributed by atoms with Gasteiger partial charge < -0.3 is 4.90 Å². The Hall–Kier alpha value is -8.04. The fourth-order valence-corrected chi connectivity index (χ4v) is 10.8. The zero-order chi connectivity index (χ0) is 42.4. The molecule has 300 valence electrons. The third-order valence-corrected chi connectivity index (χ3v) is 13.9. The molecule has 0 bridgehead atoms. The van der Waals surface area contributed by atoms with Crippen molar-refractivity contribution in [2.24, 2.45) is 0 Å². The number of hydrogen-bond donors (Lipinski definition) is 0. The van der Waals surface area contributed by atoms with E-state index in [1.165, 1.54) is 91.8 Å². The molecule has 0 aliphatic rings. The van der Waals surface area contributed by atoms with Crippen LogP contribution in [0.3, 0.4) is 0 Å². The Kier molecular flexibility index (Phi) is 9.43. The summed E-state index contributed by atoms with van der Waals surface area (Å²) >= 11 is 1.88. The third-order valence-electron chi connectivity index (χ3n) is 12.7. The van der Waals surface area contributed by atoms with Gasteiger partial charge >= 0.3 is 0 Å². The first kappa shape index (κ1) is 37.7. The van der Waals surface area contributed by atoms with Crippen LogP contribution in [0.4, 0.5) is 17.1 Å². The van der Waals surface area contributed by atoms with Crippen LogP contribution in [0.25, 0.3) is 97.4 Å². The summed E-state index contributed by atoms with van der Waals surface area (Å²) in [5.41, 5.74) is 15.3. The van der Waals surface area contributed by atoms with Crippen LogP contribution in [0.5, 0.6) is 0 Å². The molecule has 0 spiro atoms.